The summed E-state index contributed by atoms with van der Waals surface area (Å²) in [6.45, 7) is 1.84. The lowest BCUT2D eigenvalue weighted by molar-refractivity contribution is -0.116. The topological polar surface area (TPSA) is 63.2 Å². The van der Waals surface area contributed by atoms with Gasteiger partial charge in [0.1, 0.15) is 4.90 Å². The largest absolute Gasteiger partial charge is 0.324 e. The lowest BCUT2D eigenvalue weighted by atomic mass is 9.90. The van der Waals surface area contributed by atoms with Crippen LogP contribution in [-0.4, -0.2) is 14.3 Å². The molecule has 1 aliphatic heterocycles. The van der Waals surface area contributed by atoms with E-state index in [1.165, 1.54) is 11.3 Å². The van der Waals surface area contributed by atoms with Crippen LogP contribution in [0.15, 0.2) is 63.7 Å². The maximum atomic E-state index is 13.2. The second kappa shape index (κ2) is 6.78. The Morgan fingerprint density at radius 1 is 1.15 bits per heavy atom. The van der Waals surface area contributed by atoms with E-state index in [4.69, 9.17) is 11.6 Å². The summed E-state index contributed by atoms with van der Waals surface area (Å²) in [6.07, 6.45) is 0.237. The summed E-state index contributed by atoms with van der Waals surface area (Å²) in [4.78, 5) is 13.5. The molecule has 1 aliphatic rings. The van der Waals surface area contributed by atoms with Gasteiger partial charge in [0.15, 0.2) is 0 Å². The fourth-order valence-corrected chi connectivity index (χ4v) is 6.59. The molecule has 138 valence electrons. The van der Waals surface area contributed by atoms with Gasteiger partial charge in [0.2, 0.25) is 15.7 Å². The molecule has 3 aromatic rings. The molecule has 1 aromatic heterocycles. The second-order valence-corrected chi connectivity index (χ2v) is 9.72. The van der Waals surface area contributed by atoms with E-state index < -0.39 is 9.84 Å². The molecule has 0 radical (unpaired) electrons. The third-order valence-corrected chi connectivity index (χ3v) is 7.99. The molecule has 1 atom stereocenters. The number of hydrogen-bond donors (Lipinski definition) is 1. The third kappa shape index (κ3) is 3.18. The van der Waals surface area contributed by atoms with Gasteiger partial charge in [0.05, 0.1) is 10.6 Å². The number of fused-ring (bicyclic) bond motifs is 1. The van der Waals surface area contributed by atoms with Crippen LogP contribution in [-0.2, 0) is 14.6 Å². The van der Waals surface area contributed by atoms with Crippen LogP contribution < -0.4 is 5.32 Å². The first-order chi connectivity index (χ1) is 12.9. The molecule has 0 bridgehead atoms. The molecule has 2 heterocycles. The van der Waals surface area contributed by atoms with E-state index in [9.17, 15) is 13.2 Å². The van der Waals surface area contributed by atoms with Crippen LogP contribution in [0.25, 0.3) is 0 Å². The van der Waals surface area contributed by atoms with Crippen LogP contribution in [0.2, 0.25) is 5.02 Å². The number of aryl methyl sites for hydroxylation is 1. The predicted octanol–water partition coefficient (Wildman–Crippen LogP) is 5.02. The first-order valence-corrected chi connectivity index (χ1v) is 11.1. The molecule has 1 amide bonds. The third-order valence-electron chi connectivity index (χ3n) is 4.63. The van der Waals surface area contributed by atoms with E-state index in [2.05, 4.69) is 5.32 Å². The normalized spacial score (nSPS) is 16.7. The molecule has 4 rings (SSSR count). The van der Waals surface area contributed by atoms with Crippen molar-refractivity contribution in [2.24, 2.45) is 0 Å². The van der Waals surface area contributed by atoms with Crippen molar-refractivity contribution in [3.05, 3.63) is 74.9 Å². The number of thiophene rings is 1. The fraction of sp³-hybridized carbons (Fsp3) is 0.150. The zero-order chi connectivity index (χ0) is 19.2. The van der Waals surface area contributed by atoms with Gasteiger partial charge in [0.25, 0.3) is 0 Å². The van der Waals surface area contributed by atoms with Crippen molar-refractivity contribution < 1.29 is 13.2 Å². The first kappa shape index (κ1) is 18.2. The van der Waals surface area contributed by atoms with Crippen LogP contribution in [0.5, 0.6) is 0 Å². The average Bonchev–Trinajstić information content (AvgIpc) is 3.06. The number of carbonyl (C=O) groups excluding carboxylic acids is 1. The lowest BCUT2D eigenvalue weighted by Gasteiger charge is -2.24. The van der Waals surface area contributed by atoms with Gasteiger partial charge in [-0.3, -0.25) is 4.79 Å². The molecular weight excluding hydrogens is 402 g/mol. The average molecular weight is 418 g/mol. The van der Waals surface area contributed by atoms with Crippen molar-refractivity contribution >= 4 is 44.4 Å². The van der Waals surface area contributed by atoms with Crippen LogP contribution >= 0.6 is 22.9 Å². The summed E-state index contributed by atoms with van der Waals surface area (Å²) in [5.74, 6) is -0.472. The minimum Gasteiger partial charge on any atom is -0.324 e. The van der Waals surface area contributed by atoms with Crippen molar-refractivity contribution in [2.45, 2.75) is 29.1 Å². The molecule has 2 aromatic carbocycles. The minimum absolute atomic E-state index is 0.137. The molecule has 0 spiro atoms. The molecule has 0 saturated carbocycles. The smallest absolute Gasteiger partial charge is 0.225 e. The number of carbonyl (C=O) groups is 1. The van der Waals surface area contributed by atoms with Gasteiger partial charge in [0, 0.05) is 27.6 Å². The van der Waals surface area contributed by atoms with Crippen LogP contribution in [0.1, 0.15) is 28.3 Å². The number of sulfone groups is 1. The van der Waals surface area contributed by atoms with Crippen molar-refractivity contribution in [2.75, 3.05) is 5.32 Å². The molecule has 0 fully saturated rings. The Morgan fingerprint density at radius 3 is 2.67 bits per heavy atom. The molecule has 4 nitrogen and oxygen atoms in total. The lowest BCUT2D eigenvalue weighted by Crippen LogP contribution is -2.23. The van der Waals surface area contributed by atoms with Crippen LogP contribution in [0.4, 0.5) is 5.69 Å². The van der Waals surface area contributed by atoms with E-state index in [0.717, 1.165) is 16.0 Å². The van der Waals surface area contributed by atoms with Gasteiger partial charge >= 0.3 is 0 Å². The van der Waals surface area contributed by atoms with Gasteiger partial charge < -0.3 is 5.32 Å². The number of anilines is 1. The van der Waals surface area contributed by atoms with E-state index in [-0.39, 0.29) is 28.0 Å². The maximum Gasteiger partial charge on any atom is 0.225 e. The van der Waals surface area contributed by atoms with Gasteiger partial charge in [-0.15, -0.1) is 11.3 Å². The number of nitrogens with one attached hydrogen (secondary N) is 1. The Kier molecular flexibility index (Phi) is 4.58. The second-order valence-electron chi connectivity index (χ2n) is 6.49. The summed E-state index contributed by atoms with van der Waals surface area (Å²) >= 11 is 7.68. The molecule has 0 aliphatic carbocycles. The van der Waals surface area contributed by atoms with Crippen LogP contribution in [0, 0.1) is 6.92 Å². The van der Waals surface area contributed by atoms with Gasteiger partial charge in [-0.1, -0.05) is 41.9 Å². The Morgan fingerprint density at radius 2 is 1.93 bits per heavy atom. The number of rotatable bonds is 3. The SMILES string of the molecule is Cc1cccc(S(=O)(=O)c2csc3c2NC(=O)C[C@@H]3c2ccccc2Cl)c1. The Hall–Kier alpha value is -2.15. The standard InChI is InChI=1S/C20H16ClNO3S2/c1-12-5-4-6-13(9-12)27(24,25)17-11-26-20-15(10-18(23)22-19(17)20)14-7-2-3-8-16(14)21/h2-9,11,15H,10H2,1H3,(H,22,23)/t15-/m1/s1. The quantitative estimate of drug-likeness (QED) is 0.651. The maximum absolute atomic E-state index is 13.2. The first-order valence-electron chi connectivity index (χ1n) is 8.35. The molecule has 27 heavy (non-hydrogen) atoms. The molecule has 1 N–H and O–H groups in total. The molecular formula is C20H16ClNO3S2. The minimum atomic E-state index is -3.74. The van der Waals surface area contributed by atoms with Crippen LogP contribution in [0.3, 0.4) is 0 Å². The number of halogens is 1. The van der Waals surface area contributed by atoms with E-state index in [0.29, 0.717) is 10.7 Å². The van der Waals surface area contributed by atoms with E-state index in [1.807, 2.05) is 31.2 Å². The highest BCUT2D eigenvalue weighted by Crippen LogP contribution is 2.47. The van der Waals surface area contributed by atoms with Crippen molar-refractivity contribution in [3.8, 4) is 0 Å². The summed E-state index contributed by atoms with van der Waals surface area (Å²) in [5.41, 5.74) is 2.07. The summed E-state index contributed by atoms with van der Waals surface area (Å²) in [6, 6.07) is 14.1. The highest BCUT2D eigenvalue weighted by atomic mass is 35.5. The zero-order valence-corrected chi connectivity index (χ0v) is 16.8. The highest BCUT2D eigenvalue weighted by Gasteiger charge is 2.35. The highest BCUT2D eigenvalue weighted by molar-refractivity contribution is 7.91. The molecule has 0 saturated heterocycles. The Bertz CT molecular complexity index is 1150. The number of amides is 1. The monoisotopic (exact) mass is 417 g/mol. The van der Waals surface area contributed by atoms with Gasteiger partial charge in [-0.05, 0) is 36.2 Å². The van der Waals surface area contributed by atoms with Crippen molar-refractivity contribution in [1.82, 2.24) is 0 Å². The zero-order valence-electron chi connectivity index (χ0n) is 14.4. The molecule has 0 unspecified atom stereocenters. The number of benzene rings is 2. The molecule has 7 heteroatoms. The summed E-state index contributed by atoms with van der Waals surface area (Å²) in [7, 11) is -3.74. The van der Waals surface area contributed by atoms with E-state index in [1.54, 1.807) is 29.6 Å². The Labute approximate surface area is 166 Å². The van der Waals surface area contributed by atoms with E-state index >= 15 is 0 Å². The Balaban J connectivity index is 1.86. The van der Waals surface area contributed by atoms with Crippen molar-refractivity contribution in [3.63, 3.8) is 0 Å². The summed E-state index contributed by atoms with van der Waals surface area (Å²) in [5, 5.41) is 4.95. The predicted molar refractivity (Wildman–Crippen MR) is 107 cm³/mol. The number of hydrogen-bond acceptors (Lipinski definition) is 4. The summed E-state index contributed by atoms with van der Waals surface area (Å²) < 4.78 is 26.3. The van der Waals surface area contributed by atoms with Gasteiger partial charge in [-0.2, -0.15) is 0 Å². The van der Waals surface area contributed by atoms with Gasteiger partial charge in [-0.25, -0.2) is 8.42 Å². The fourth-order valence-electron chi connectivity index (χ4n) is 3.32. The van der Waals surface area contributed by atoms with Crippen molar-refractivity contribution in [1.29, 1.82) is 0 Å².